The Hall–Kier alpha value is -3.51. The summed E-state index contributed by atoms with van der Waals surface area (Å²) in [6, 6.07) is 8.73. The van der Waals surface area contributed by atoms with Crippen LogP contribution in [-0.4, -0.2) is 129 Å². The first-order chi connectivity index (χ1) is 21.4. The van der Waals surface area contributed by atoms with Gasteiger partial charge in [-0.3, -0.25) is 0 Å². The molecule has 2 aliphatic heterocycles. The lowest BCUT2D eigenvalue weighted by atomic mass is 9.97. The van der Waals surface area contributed by atoms with Crippen molar-refractivity contribution in [2.75, 3.05) is 20.3 Å². The Morgan fingerprint density at radius 3 is 2.38 bits per heavy atom. The Balaban J connectivity index is 1.53. The molecule has 248 valence electrons. The van der Waals surface area contributed by atoms with Crippen LogP contribution in [0.15, 0.2) is 42.5 Å². The van der Waals surface area contributed by atoms with E-state index in [1.54, 1.807) is 6.07 Å². The summed E-state index contributed by atoms with van der Waals surface area (Å²) in [6.45, 7) is 0.552. The lowest BCUT2D eigenvalue weighted by molar-refractivity contribution is -0.357. The minimum absolute atomic E-state index is 0.0828. The standard InChI is InChI=1S/C30H38O15/c1-14-22(35)24(37)25(38)30(42-14)45-28-26(39)29(41-11-10-16-4-3-5-18(33)23(16)36)43-20(13-31)27(28)44-21(34)9-7-15-6-8-17(32)19(12-15)40-2/h3-9,12,14,20,22,24-33,35-39H,10-11,13H2,1-2H3/b9-7+/t14-,20+,22-,24+,25+,26+,27+,28+,29+,30-/m0/s1. The first kappa shape index (κ1) is 34.4. The van der Waals surface area contributed by atoms with E-state index in [2.05, 4.69) is 0 Å². The van der Waals surface area contributed by atoms with Crippen LogP contribution < -0.4 is 4.74 Å². The number of carbonyl (C=O) groups is 1. The number of rotatable bonds is 11. The molecule has 2 fully saturated rings. The molecular weight excluding hydrogens is 600 g/mol. The number of aromatic hydroxyl groups is 3. The van der Waals surface area contributed by atoms with Crippen LogP contribution in [0.3, 0.4) is 0 Å². The van der Waals surface area contributed by atoms with Gasteiger partial charge in [0.1, 0.15) is 36.6 Å². The second kappa shape index (κ2) is 15.2. The van der Waals surface area contributed by atoms with Crippen LogP contribution in [-0.2, 0) is 34.9 Å². The van der Waals surface area contributed by atoms with Gasteiger partial charge in [-0.15, -0.1) is 0 Å². The summed E-state index contributed by atoms with van der Waals surface area (Å²) in [4.78, 5) is 12.9. The van der Waals surface area contributed by atoms with Gasteiger partial charge in [0.15, 0.2) is 41.7 Å². The molecule has 2 aromatic carbocycles. The summed E-state index contributed by atoms with van der Waals surface area (Å²) in [7, 11) is 1.36. The number of para-hydroxylation sites is 1. The zero-order chi connectivity index (χ0) is 32.8. The van der Waals surface area contributed by atoms with Crippen LogP contribution >= 0.6 is 0 Å². The number of methoxy groups -OCH3 is 1. The molecule has 2 saturated heterocycles. The van der Waals surface area contributed by atoms with Gasteiger partial charge in [-0.25, -0.2) is 4.79 Å². The molecule has 0 bridgehead atoms. The molecule has 2 heterocycles. The van der Waals surface area contributed by atoms with Crippen molar-refractivity contribution in [1.82, 2.24) is 0 Å². The molecule has 0 saturated carbocycles. The lowest BCUT2D eigenvalue weighted by Gasteiger charge is -2.46. The maximum atomic E-state index is 12.9. The molecule has 45 heavy (non-hydrogen) atoms. The van der Waals surface area contributed by atoms with Crippen LogP contribution in [0.4, 0.5) is 0 Å². The summed E-state index contributed by atoms with van der Waals surface area (Å²) >= 11 is 0. The highest BCUT2D eigenvalue weighted by Crippen LogP contribution is 2.33. The molecular formula is C30H38O15. The fourth-order valence-corrected chi connectivity index (χ4v) is 4.96. The molecule has 0 spiro atoms. The van der Waals surface area contributed by atoms with E-state index in [-0.39, 0.29) is 36.0 Å². The predicted octanol–water partition coefficient (Wildman–Crippen LogP) is -0.713. The smallest absolute Gasteiger partial charge is 0.331 e. The van der Waals surface area contributed by atoms with E-state index in [0.29, 0.717) is 11.1 Å². The summed E-state index contributed by atoms with van der Waals surface area (Å²) in [5.41, 5.74) is 0.816. The highest BCUT2D eigenvalue weighted by Gasteiger charge is 2.52. The monoisotopic (exact) mass is 638 g/mol. The molecule has 10 atom stereocenters. The van der Waals surface area contributed by atoms with E-state index >= 15 is 0 Å². The van der Waals surface area contributed by atoms with E-state index < -0.39 is 74.0 Å². The minimum atomic E-state index is -1.77. The largest absolute Gasteiger partial charge is 0.504 e. The van der Waals surface area contributed by atoms with Gasteiger partial charge in [0, 0.05) is 11.6 Å². The van der Waals surface area contributed by atoms with Crippen molar-refractivity contribution >= 4 is 12.0 Å². The third-order valence-corrected chi connectivity index (χ3v) is 7.51. The molecule has 2 aromatic rings. The Labute approximate surface area is 258 Å². The molecule has 8 N–H and O–H groups in total. The number of hydrogen-bond acceptors (Lipinski definition) is 15. The summed E-state index contributed by atoms with van der Waals surface area (Å²) in [5.74, 6) is -1.55. The number of carbonyl (C=O) groups excluding carboxylic acids is 1. The van der Waals surface area contributed by atoms with Gasteiger partial charge in [-0.1, -0.05) is 18.2 Å². The van der Waals surface area contributed by atoms with Crippen molar-refractivity contribution in [3.63, 3.8) is 0 Å². The van der Waals surface area contributed by atoms with Gasteiger partial charge in [0.25, 0.3) is 0 Å². The topological polar surface area (TPSA) is 234 Å². The van der Waals surface area contributed by atoms with Crippen molar-refractivity contribution in [2.45, 2.75) is 74.8 Å². The third-order valence-electron chi connectivity index (χ3n) is 7.51. The minimum Gasteiger partial charge on any atom is -0.504 e. The van der Waals surface area contributed by atoms with Crippen molar-refractivity contribution in [3.05, 3.63) is 53.6 Å². The number of hydrogen-bond donors (Lipinski definition) is 8. The van der Waals surface area contributed by atoms with Crippen LogP contribution in [0.25, 0.3) is 6.08 Å². The maximum Gasteiger partial charge on any atom is 0.331 e. The fraction of sp³-hybridized carbons (Fsp3) is 0.500. The van der Waals surface area contributed by atoms with Crippen molar-refractivity contribution in [3.8, 4) is 23.0 Å². The molecule has 2 aliphatic rings. The van der Waals surface area contributed by atoms with Gasteiger partial charge in [0.05, 0.1) is 26.4 Å². The highest BCUT2D eigenvalue weighted by molar-refractivity contribution is 5.87. The molecule has 0 aliphatic carbocycles. The molecule has 0 aromatic heterocycles. The molecule has 4 rings (SSSR count). The average Bonchev–Trinajstić information content (AvgIpc) is 3.02. The van der Waals surface area contributed by atoms with Crippen LogP contribution in [0.1, 0.15) is 18.1 Å². The second-order valence-corrected chi connectivity index (χ2v) is 10.6. The van der Waals surface area contributed by atoms with Gasteiger partial charge >= 0.3 is 5.97 Å². The van der Waals surface area contributed by atoms with Crippen molar-refractivity contribution in [1.29, 1.82) is 0 Å². The normalized spacial score (nSPS) is 32.0. The van der Waals surface area contributed by atoms with E-state index in [1.807, 2.05) is 0 Å². The van der Waals surface area contributed by atoms with Crippen molar-refractivity contribution < 1.29 is 74.1 Å². The third kappa shape index (κ3) is 8.02. The molecule has 0 radical (unpaired) electrons. The number of phenols is 3. The maximum absolute atomic E-state index is 12.9. The van der Waals surface area contributed by atoms with Gasteiger partial charge in [0.2, 0.25) is 0 Å². The first-order valence-corrected chi connectivity index (χ1v) is 14.1. The van der Waals surface area contributed by atoms with Crippen LogP contribution in [0, 0.1) is 0 Å². The summed E-state index contributed by atoms with van der Waals surface area (Å²) in [6.07, 6.45) is -12.6. The molecule has 15 heteroatoms. The first-order valence-electron chi connectivity index (χ1n) is 14.1. The predicted molar refractivity (Wildman–Crippen MR) is 152 cm³/mol. The average molecular weight is 639 g/mol. The SMILES string of the molecule is COc1cc(/C=C/C(=O)O[C@H]2[C@H](O[C@@H]3O[C@@H](C)[C@H](O)[C@@H](O)[C@H]3O)[C@@H](O)[C@H](OCCc3cccc(O)c3O)O[C@@H]2CO)ccc1O. The van der Waals surface area contributed by atoms with Crippen LogP contribution in [0.5, 0.6) is 23.0 Å². The Morgan fingerprint density at radius 1 is 0.911 bits per heavy atom. The van der Waals surface area contributed by atoms with E-state index in [4.69, 9.17) is 28.4 Å². The zero-order valence-electron chi connectivity index (χ0n) is 24.4. The number of aliphatic hydroxyl groups excluding tert-OH is 5. The van der Waals surface area contributed by atoms with Gasteiger partial charge < -0.3 is 69.3 Å². The number of phenolic OH excluding ortho intramolecular Hbond substituents is 3. The summed E-state index contributed by atoms with van der Waals surface area (Å²) < 4.78 is 33.4. The van der Waals surface area contributed by atoms with Crippen molar-refractivity contribution in [2.24, 2.45) is 0 Å². The van der Waals surface area contributed by atoms with Crippen LogP contribution in [0.2, 0.25) is 0 Å². The van der Waals surface area contributed by atoms with E-state index in [1.165, 1.54) is 50.4 Å². The molecule has 0 amide bonds. The lowest BCUT2D eigenvalue weighted by Crippen LogP contribution is -2.65. The van der Waals surface area contributed by atoms with E-state index in [9.17, 15) is 45.6 Å². The second-order valence-electron chi connectivity index (χ2n) is 10.6. The fourth-order valence-electron chi connectivity index (χ4n) is 4.96. The van der Waals surface area contributed by atoms with Gasteiger partial charge in [-0.05, 0) is 43.2 Å². The molecule has 15 nitrogen and oxygen atoms in total. The quantitative estimate of drug-likeness (QED) is 0.0862. The zero-order valence-corrected chi connectivity index (χ0v) is 24.4. The summed E-state index contributed by atoms with van der Waals surface area (Å²) in [5, 5.41) is 81.9. The number of benzene rings is 2. The van der Waals surface area contributed by atoms with E-state index in [0.717, 1.165) is 6.08 Å². The molecule has 0 unspecified atom stereocenters. The van der Waals surface area contributed by atoms with Gasteiger partial charge in [-0.2, -0.15) is 0 Å². The number of ether oxygens (including phenoxy) is 6. The highest BCUT2D eigenvalue weighted by atomic mass is 16.7. The Bertz CT molecular complexity index is 1320. The number of esters is 1. The Morgan fingerprint density at radius 2 is 1.67 bits per heavy atom. The Kier molecular flexibility index (Phi) is 11.6. The number of aliphatic hydroxyl groups is 5.